The molecule has 1 aromatic carbocycles. The van der Waals surface area contributed by atoms with Crippen LogP contribution in [-0.4, -0.2) is 55.7 Å². The monoisotopic (exact) mass is 511 g/mol. The van der Waals surface area contributed by atoms with Crippen LogP contribution in [0, 0.1) is 5.41 Å². The third-order valence-electron chi connectivity index (χ3n) is 4.63. The summed E-state index contributed by atoms with van der Waals surface area (Å²) in [7, 11) is 0. The van der Waals surface area contributed by atoms with Gasteiger partial charge in [0.2, 0.25) is 0 Å². The van der Waals surface area contributed by atoms with E-state index in [1.165, 1.54) is 12.1 Å². The summed E-state index contributed by atoms with van der Waals surface area (Å²) in [5.41, 5.74) is 6.28. The molecule has 0 saturated heterocycles. The first-order valence-corrected chi connectivity index (χ1v) is 11.7. The lowest BCUT2D eigenvalue weighted by Crippen LogP contribution is -2.39. The first-order chi connectivity index (χ1) is 16.7. The maximum atomic E-state index is 12.5. The summed E-state index contributed by atoms with van der Waals surface area (Å²) in [6, 6.07) is 3.23. The van der Waals surface area contributed by atoms with E-state index in [-0.39, 0.29) is 48.9 Å². The average Bonchev–Trinajstić information content (AvgIpc) is 2.74. The second kappa shape index (κ2) is 14.3. The maximum Gasteiger partial charge on any atom is 0.513 e. The van der Waals surface area contributed by atoms with Crippen LogP contribution in [0.4, 0.5) is 9.59 Å². The molecule has 0 aliphatic rings. The second-order valence-corrected chi connectivity index (χ2v) is 9.24. The fourth-order valence-corrected chi connectivity index (χ4v) is 2.80. The fraction of sp³-hybridized carbons (Fsp3) is 0.600. The SMILES string of the molecule is CCOC(=O)Oc1ccc(C[C@H](N)C(=O)O[C@@H](C)[C@H](C)OC(=O)CC(C)(C)C)cc1OC(=O)OCC. The van der Waals surface area contributed by atoms with Crippen molar-refractivity contribution in [2.45, 2.75) is 79.6 Å². The fourth-order valence-electron chi connectivity index (χ4n) is 2.80. The Bertz CT molecular complexity index is 909. The lowest BCUT2D eigenvalue weighted by Gasteiger charge is -2.24. The summed E-state index contributed by atoms with van der Waals surface area (Å²) in [4.78, 5) is 48.1. The number of hydrogen-bond donors (Lipinski definition) is 1. The van der Waals surface area contributed by atoms with Crippen molar-refractivity contribution in [3.8, 4) is 11.5 Å². The van der Waals surface area contributed by atoms with Crippen LogP contribution in [0.25, 0.3) is 0 Å². The Labute approximate surface area is 211 Å². The number of nitrogens with two attached hydrogens (primary N) is 1. The highest BCUT2D eigenvalue weighted by atomic mass is 16.7. The molecule has 0 aromatic heterocycles. The molecule has 11 nitrogen and oxygen atoms in total. The normalized spacial score (nSPS) is 13.6. The van der Waals surface area contributed by atoms with E-state index in [9.17, 15) is 19.2 Å². The highest BCUT2D eigenvalue weighted by Crippen LogP contribution is 2.30. The Balaban J connectivity index is 2.85. The molecule has 0 heterocycles. The molecule has 0 aliphatic heterocycles. The van der Waals surface area contributed by atoms with Gasteiger partial charge >= 0.3 is 24.2 Å². The van der Waals surface area contributed by atoms with Crippen LogP contribution < -0.4 is 15.2 Å². The molecule has 0 spiro atoms. The predicted molar refractivity (Wildman–Crippen MR) is 129 cm³/mol. The highest BCUT2D eigenvalue weighted by molar-refractivity contribution is 5.76. The van der Waals surface area contributed by atoms with Gasteiger partial charge in [-0.3, -0.25) is 9.59 Å². The summed E-state index contributed by atoms with van der Waals surface area (Å²) >= 11 is 0. The zero-order valence-corrected chi connectivity index (χ0v) is 22.0. The van der Waals surface area contributed by atoms with Crippen LogP contribution in [0.1, 0.15) is 60.5 Å². The number of rotatable bonds is 11. The number of hydrogen-bond acceptors (Lipinski definition) is 11. The molecular weight excluding hydrogens is 474 g/mol. The van der Waals surface area contributed by atoms with Crippen molar-refractivity contribution in [3.05, 3.63) is 23.8 Å². The molecule has 11 heteroatoms. The number of carbonyl (C=O) groups is 4. The van der Waals surface area contributed by atoms with E-state index in [0.717, 1.165) is 0 Å². The van der Waals surface area contributed by atoms with Gasteiger partial charge < -0.3 is 34.2 Å². The zero-order chi connectivity index (χ0) is 27.5. The third-order valence-corrected chi connectivity index (χ3v) is 4.63. The Morgan fingerprint density at radius 1 is 0.861 bits per heavy atom. The molecule has 0 bridgehead atoms. The number of carbonyl (C=O) groups excluding carboxylic acids is 4. The molecule has 0 radical (unpaired) electrons. The molecule has 1 rings (SSSR count). The number of benzene rings is 1. The number of esters is 2. The molecule has 3 atom stereocenters. The minimum absolute atomic E-state index is 0.0165. The van der Waals surface area contributed by atoms with Crippen LogP contribution in [0.2, 0.25) is 0 Å². The molecule has 36 heavy (non-hydrogen) atoms. The zero-order valence-electron chi connectivity index (χ0n) is 22.0. The van der Waals surface area contributed by atoms with Gasteiger partial charge in [0.25, 0.3) is 0 Å². The van der Waals surface area contributed by atoms with Crippen molar-refractivity contribution >= 4 is 24.2 Å². The van der Waals surface area contributed by atoms with E-state index in [2.05, 4.69) is 0 Å². The second-order valence-electron chi connectivity index (χ2n) is 9.24. The molecule has 2 N–H and O–H groups in total. The van der Waals surface area contributed by atoms with Gasteiger partial charge in [-0.15, -0.1) is 0 Å². The van der Waals surface area contributed by atoms with Gasteiger partial charge in [-0.25, -0.2) is 9.59 Å². The Morgan fingerprint density at radius 2 is 1.39 bits per heavy atom. The van der Waals surface area contributed by atoms with Crippen molar-refractivity contribution in [2.75, 3.05) is 13.2 Å². The quantitative estimate of drug-likeness (QED) is 0.261. The molecule has 1 aromatic rings. The first-order valence-electron chi connectivity index (χ1n) is 11.7. The average molecular weight is 512 g/mol. The predicted octanol–water partition coefficient (Wildman–Crippen LogP) is 3.93. The Hall–Kier alpha value is -3.34. The topological polar surface area (TPSA) is 150 Å². The van der Waals surface area contributed by atoms with Crippen molar-refractivity contribution in [3.63, 3.8) is 0 Å². The van der Waals surface area contributed by atoms with E-state index < -0.39 is 36.5 Å². The summed E-state index contributed by atoms with van der Waals surface area (Å²) < 4.78 is 30.4. The summed E-state index contributed by atoms with van der Waals surface area (Å²) in [5.74, 6) is -1.30. The van der Waals surface area contributed by atoms with Crippen LogP contribution in [0.15, 0.2) is 18.2 Å². The van der Waals surface area contributed by atoms with E-state index in [4.69, 9.17) is 34.2 Å². The molecule has 0 saturated carbocycles. The summed E-state index contributed by atoms with van der Waals surface area (Å²) in [6.07, 6.45) is -3.14. The molecular formula is C25H37NO10. The van der Waals surface area contributed by atoms with Gasteiger partial charge in [0.15, 0.2) is 11.5 Å². The lowest BCUT2D eigenvalue weighted by atomic mass is 9.92. The summed E-state index contributed by atoms with van der Waals surface area (Å²) in [5, 5.41) is 0. The van der Waals surface area contributed by atoms with Crippen LogP contribution >= 0.6 is 0 Å². The smallest absolute Gasteiger partial charge is 0.459 e. The largest absolute Gasteiger partial charge is 0.513 e. The van der Waals surface area contributed by atoms with Gasteiger partial charge in [0.05, 0.1) is 19.6 Å². The van der Waals surface area contributed by atoms with Gasteiger partial charge in [-0.1, -0.05) is 26.8 Å². The molecule has 0 amide bonds. The maximum absolute atomic E-state index is 12.5. The Morgan fingerprint density at radius 3 is 1.92 bits per heavy atom. The first kappa shape index (κ1) is 30.7. The van der Waals surface area contributed by atoms with E-state index in [0.29, 0.717) is 5.56 Å². The van der Waals surface area contributed by atoms with Crippen molar-refractivity contribution in [2.24, 2.45) is 11.1 Å². The summed E-state index contributed by atoms with van der Waals surface area (Å²) in [6.45, 7) is 12.4. The highest BCUT2D eigenvalue weighted by Gasteiger charge is 2.26. The van der Waals surface area contributed by atoms with E-state index in [1.807, 2.05) is 20.8 Å². The van der Waals surface area contributed by atoms with Crippen molar-refractivity contribution in [1.82, 2.24) is 0 Å². The van der Waals surface area contributed by atoms with Crippen molar-refractivity contribution < 1.29 is 47.6 Å². The Kier molecular flexibility index (Phi) is 12.2. The van der Waals surface area contributed by atoms with Gasteiger partial charge in [-0.2, -0.15) is 0 Å². The minimum Gasteiger partial charge on any atom is -0.459 e. The van der Waals surface area contributed by atoms with Gasteiger partial charge in [0, 0.05) is 0 Å². The molecule has 0 aliphatic carbocycles. The van der Waals surface area contributed by atoms with Gasteiger partial charge in [0.1, 0.15) is 18.2 Å². The lowest BCUT2D eigenvalue weighted by molar-refractivity contribution is -0.167. The standard InChI is InChI=1S/C25H37NO10/c1-8-31-23(29)35-19-11-10-17(13-20(19)36-24(30)32-9-2)12-18(26)22(28)34-16(4)15(3)33-21(27)14-25(5,6)7/h10-11,13,15-16,18H,8-9,12,14,26H2,1-7H3/t15-,16-,18-/m0/s1. The minimum atomic E-state index is -1.07. The van der Waals surface area contributed by atoms with Crippen LogP contribution in [0.3, 0.4) is 0 Å². The van der Waals surface area contributed by atoms with Crippen LogP contribution in [-0.2, 0) is 35.0 Å². The van der Waals surface area contributed by atoms with Gasteiger partial charge in [-0.05, 0) is 57.2 Å². The number of ether oxygens (including phenoxy) is 6. The van der Waals surface area contributed by atoms with Crippen molar-refractivity contribution in [1.29, 1.82) is 0 Å². The molecule has 0 fully saturated rings. The third kappa shape index (κ3) is 11.4. The van der Waals surface area contributed by atoms with Crippen LogP contribution in [0.5, 0.6) is 11.5 Å². The molecule has 202 valence electrons. The molecule has 0 unspecified atom stereocenters. The van der Waals surface area contributed by atoms with E-state index in [1.54, 1.807) is 33.8 Å². The van der Waals surface area contributed by atoms with E-state index >= 15 is 0 Å².